The summed E-state index contributed by atoms with van der Waals surface area (Å²) in [5, 5.41) is 7.08. The number of benzene rings is 2. The van der Waals surface area contributed by atoms with Crippen LogP contribution in [-0.4, -0.2) is 41.5 Å². The lowest BCUT2D eigenvalue weighted by atomic mass is 10.2. The topological polar surface area (TPSA) is 84.3 Å². The minimum atomic E-state index is -3.49. The highest BCUT2D eigenvalue weighted by molar-refractivity contribution is 7.89. The number of carbonyl (C=O) groups is 1. The molecular formula is C23H26N4O3S. The summed E-state index contributed by atoms with van der Waals surface area (Å²) in [5.41, 5.74) is 1.81. The van der Waals surface area contributed by atoms with Crippen molar-refractivity contribution in [2.24, 2.45) is 0 Å². The Morgan fingerprint density at radius 1 is 1.03 bits per heavy atom. The zero-order chi connectivity index (χ0) is 22.3. The van der Waals surface area contributed by atoms with Crippen LogP contribution in [0.1, 0.15) is 25.0 Å². The molecule has 0 spiro atoms. The van der Waals surface area contributed by atoms with Gasteiger partial charge in [0.1, 0.15) is 5.82 Å². The van der Waals surface area contributed by atoms with Crippen molar-refractivity contribution in [2.75, 3.05) is 18.4 Å². The van der Waals surface area contributed by atoms with Crippen LogP contribution in [0.3, 0.4) is 0 Å². The highest BCUT2D eigenvalue weighted by atomic mass is 32.2. The van der Waals surface area contributed by atoms with Crippen LogP contribution in [0.25, 0.3) is 6.08 Å². The number of sulfonamides is 1. The van der Waals surface area contributed by atoms with E-state index in [9.17, 15) is 13.2 Å². The Morgan fingerprint density at radius 3 is 2.35 bits per heavy atom. The summed E-state index contributed by atoms with van der Waals surface area (Å²) in [4.78, 5) is 12.6. The molecule has 2 aromatic carbocycles. The van der Waals surface area contributed by atoms with Gasteiger partial charge in [-0.3, -0.25) is 4.79 Å². The first-order valence-electron chi connectivity index (χ1n) is 10.1. The number of anilines is 1. The molecule has 3 rings (SSSR count). The van der Waals surface area contributed by atoms with Crippen LogP contribution in [0.15, 0.2) is 77.8 Å². The molecule has 1 heterocycles. The third-order valence-electron chi connectivity index (χ3n) is 4.79. The molecule has 1 aromatic heterocycles. The maximum atomic E-state index is 12.5. The average Bonchev–Trinajstić information content (AvgIpc) is 3.20. The van der Waals surface area contributed by atoms with Gasteiger partial charge in [0.2, 0.25) is 15.9 Å². The van der Waals surface area contributed by atoms with Gasteiger partial charge in [0, 0.05) is 25.2 Å². The van der Waals surface area contributed by atoms with E-state index in [1.54, 1.807) is 47.3 Å². The number of amides is 1. The van der Waals surface area contributed by atoms with Crippen molar-refractivity contribution in [3.8, 4) is 0 Å². The van der Waals surface area contributed by atoms with Gasteiger partial charge in [-0.1, -0.05) is 56.3 Å². The summed E-state index contributed by atoms with van der Waals surface area (Å²) in [6.07, 6.45) is 4.69. The predicted molar refractivity (Wildman–Crippen MR) is 122 cm³/mol. The normalized spacial score (nSPS) is 11.8. The Hall–Kier alpha value is -3.23. The van der Waals surface area contributed by atoms with Crippen molar-refractivity contribution in [3.05, 3.63) is 84.1 Å². The molecule has 0 aliphatic heterocycles. The SMILES string of the molecule is CCN(CC)S(=O)(=O)c1ccc(C=CC(=O)Nc2ccnn2Cc2ccccc2)cc1. The number of nitrogens with one attached hydrogen (secondary N) is 1. The summed E-state index contributed by atoms with van der Waals surface area (Å²) in [6.45, 7) is 5.00. The molecule has 31 heavy (non-hydrogen) atoms. The summed E-state index contributed by atoms with van der Waals surface area (Å²) in [6, 6.07) is 18.1. The van der Waals surface area contributed by atoms with Crippen LogP contribution in [0.2, 0.25) is 0 Å². The van der Waals surface area contributed by atoms with E-state index < -0.39 is 10.0 Å². The summed E-state index contributed by atoms with van der Waals surface area (Å²) >= 11 is 0. The molecule has 0 unspecified atom stereocenters. The average molecular weight is 439 g/mol. The van der Waals surface area contributed by atoms with E-state index in [0.717, 1.165) is 11.1 Å². The van der Waals surface area contributed by atoms with Crippen molar-refractivity contribution < 1.29 is 13.2 Å². The van der Waals surface area contributed by atoms with Crippen molar-refractivity contribution >= 4 is 27.8 Å². The van der Waals surface area contributed by atoms with Gasteiger partial charge in [0.15, 0.2) is 0 Å². The maximum absolute atomic E-state index is 12.5. The van der Waals surface area contributed by atoms with Crippen LogP contribution in [0.5, 0.6) is 0 Å². The van der Waals surface area contributed by atoms with Gasteiger partial charge in [-0.2, -0.15) is 9.40 Å². The Bertz CT molecular complexity index is 1130. The fraction of sp³-hybridized carbons (Fsp3) is 0.217. The molecule has 0 aliphatic carbocycles. The molecule has 3 aromatic rings. The first-order chi connectivity index (χ1) is 14.9. The number of hydrogen-bond acceptors (Lipinski definition) is 4. The fourth-order valence-electron chi connectivity index (χ4n) is 3.12. The number of carbonyl (C=O) groups excluding carboxylic acids is 1. The van der Waals surface area contributed by atoms with E-state index in [-0.39, 0.29) is 10.8 Å². The van der Waals surface area contributed by atoms with Crippen molar-refractivity contribution in [1.29, 1.82) is 0 Å². The molecule has 0 atom stereocenters. The second-order valence-corrected chi connectivity index (χ2v) is 8.78. The van der Waals surface area contributed by atoms with Gasteiger partial charge < -0.3 is 5.32 Å². The van der Waals surface area contributed by atoms with Crippen molar-refractivity contribution in [1.82, 2.24) is 14.1 Å². The van der Waals surface area contributed by atoms with Crippen LogP contribution in [-0.2, 0) is 21.4 Å². The Morgan fingerprint density at radius 2 is 1.71 bits per heavy atom. The van der Waals surface area contributed by atoms with Gasteiger partial charge in [-0.15, -0.1) is 0 Å². The molecule has 7 nitrogen and oxygen atoms in total. The Kier molecular flexibility index (Phi) is 7.38. The number of aromatic nitrogens is 2. The monoisotopic (exact) mass is 438 g/mol. The number of hydrogen-bond donors (Lipinski definition) is 1. The first-order valence-corrected chi connectivity index (χ1v) is 11.5. The van der Waals surface area contributed by atoms with E-state index in [2.05, 4.69) is 10.4 Å². The largest absolute Gasteiger partial charge is 0.307 e. The lowest BCUT2D eigenvalue weighted by molar-refractivity contribution is -0.111. The third kappa shape index (κ3) is 5.68. The molecule has 0 bridgehead atoms. The van der Waals surface area contributed by atoms with Crippen molar-refractivity contribution in [2.45, 2.75) is 25.3 Å². The molecule has 0 aliphatic rings. The molecule has 1 amide bonds. The van der Waals surface area contributed by atoms with Gasteiger partial charge in [-0.25, -0.2) is 13.1 Å². The minimum Gasteiger partial charge on any atom is -0.307 e. The first kappa shape index (κ1) is 22.5. The standard InChI is InChI=1S/C23H26N4O3S/c1-3-26(4-2)31(29,30)21-13-10-19(11-14-21)12-15-23(28)25-22-16-17-24-27(22)18-20-8-6-5-7-9-20/h5-17H,3-4,18H2,1-2H3,(H,25,28). The van der Waals surface area contributed by atoms with E-state index in [0.29, 0.717) is 25.5 Å². The zero-order valence-electron chi connectivity index (χ0n) is 17.6. The molecule has 0 saturated heterocycles. The van der Waals surface area contributed by atoms with Crippen LogP contribution in [0.4, 0.5) is 5.82 Å². The lowest BCUT2D eigenvalue weighted by Gasteiger charge is -2.18. The van der Waals surface area contributed by atoms with Gasteiger partial charge in [-0.05, 0) is 29.3 Å². The quantitative estimate of drug-likeness (QED) is 0.517. The lowest BCUT2D eigenvalue weighted by Crippen LogP contribution is -2.30. The fourth-order valence-corrected chi connectivity index (χ4v) is 4.58. The number of nitrogens with zero attached hydrogens (tertiary/aromatic N) is 3. The molecule has 0 radical (unpaired) electrons. The molecule has 162 valence electrons. The smallest absolute Gasteiger partial charge is 0.249 e. The van der Waals surface area contributed by atoms with E-state index in [1.165, 1.54) is 10.4 Å². The van der Waals surface area contributed by atoms with E-state index in [1.807, 2.05) is 44.2 Å². The maximum Gasteiger partial charge on any atom is 0.249 e. The van der Waals surface area contributed by atoms with Gasteiger partial charge in [0.25, 0.3) is 0 Å². The highest BCUT2D eigenvalue weighted by Crippen LogP contribution is 2.17. The number of rotatable bonds is 9. The molecule has 0 saturated carbocycles. The minimum absolute atomic E-state index is 0.239. The molecule has 0 fully saturated rings. The summed E-state index contributed by atoms with van der Waals surface area (Å²) in [5.74, 6) is 0.300. The third-order valence-corrected chi connectivity index (χ3v) is 6.86. The zero-order valence-corrected chi connectivity index (χ0v) is 18.4. The molecular weight excluding hydrogens is 412 g/mol. The molecule has 8 heteroatoms. The second kappa shape index (κ2) is 10.2. The van der Waals surface area contributed by atoms with E-state index in [4.69, 9.17) is 0 Å². The van der Waals surface area contributed by atoms with E-state index >= 15 is 0 Å². The Labute approximate surface area is 183 Å². The van der Waals surface area contributed by atoms with Crippen LogP contribution < -0.4 is 5.32 Å². The van der Waals surface area contributed by atoms with Gasteiger partial charge >= 0.3 is 0 Å². The van der Waals surface area contributed by atoms with Crippen LogP contribution in [0, 0.1) is 0 Å². The van der Waals surface area contributed by atoms with Gasteiger partial charge in [0.05, 0.1) is 17.6 Å². The summed E-state index contributed by atoms with van der Waals surface area (Å²) < 4.78 is 28.2. The van der Waals surface area contributed by atoms with Crippen molar-refractivity contribution in [3.63, 3.8) is 0 Å². The Balaban J connectivity index is 1.64. The van der Waals surface area contributed by atoms with Crippen LogP contribution >= 0.6 is 0 Å². The highest BCUT2D eigenvalue weighted by Gasteiger charge is 2.20. The predicted octanol–water partition coefficient (Wildman–Crippen LogP) is 3.61. The molecule has 1 N–H and O–H groups in total. The second-order valence-electron chi connectivity index (χ2n) is 6.84. The summed E-state index contributed by atoms with van der Waals surface area (Å²) in [7, 11) is -3.49.